The first-order valence-corrected chi connectivity index (χ1v) is 29.8. The number of aliphatic carboxylic acids is 2. The van der Waals surface area contributed by atoms with Crippen molar-refractivity contribution in [3.63, 3.8) is 0 Å². The highest BCUT2D eigenvalue weighted by Crippen LogP contribution is 2.21. The normalized spacial score (nSPS) is 14.7. The number of benzene rings is 3. The van der Waals surface area contributed by atoms with Crippen LogP contribution in [0.15, 0.2) is 79.0 Å². The Morgan fingerprint density at radius 3 is 1.46 bits per heavy atom. The topological polar surface area (TPSA) is 564 Å². The van der Waals surface area contributed by atoms with Gasteiger partial charge in [0.15, 0.2) is 12.0 Å². The highest BCUT2D eigenvalue weighted by Gasteiger charge is 2.37. The molecule has 11 atom stereocenters. The lowest BCUT2D eigenvalue weighted by molar-refractivity contribution is -0.145. The third kappa shape index (κ3) is 24.9. The zero-order valence-electron chi connectivity index (χ0n) is 51.0. The SMILES string of the molecule is CC(C)C[C@H](NC(=O)[C@H](Cc1c[nH]c2ccccc12)NC(=O)[C@H](Cc1ccc(O)cc1)NC(=O)[C@H](CS)NC(=O)[C@H](Cc1ccc(O)cc1)NC(=O)[C@H](CC(=O)O)NC(=O)[C@H](CC(N)=O)NC(=O)[C@@H](N)CCCNC(=N)N)C(=O)N[C@@H](CO)C(=O)N[C@H](C(=O)O)[C@@H](C)O. The molecule has 3 aromatic carbocycles. The highest BCUT2D eigenvalue weighted by atomic mass is 32.1. The van der Waals surface area contributed by atoms with Gasteiger partial charge in [-0.2, -0.15) is 12.6 Å². The Labute approximate surface area is 538 Å². The fraction of sp³-hybridized carbons (Fsp3) is 0.441. The van der Waals surface area contributed by atoms with Crippen LogP contribution in [0, 0.1) is 11.3 Å². The number of aromatic nitrogens is 1. The zero-order chi connectivity index (χ0) is 69.2. The van der Waals surface area contributed by atoms with E-state index in [4.69, 9.17) is 22.6 Å². The summed E-state index contributed by atoms with van der Waals surface area (Å²) in [4.78, 5) is 166. The van der Waals surface area contributed by atoms with E-state index < -0.39 is 169 Å². The number of carbonyl (C=O) groups excluding carboxylic acids is 10. The number of para-hydroxylation sites is 1. The molecule has 0 bridgehead atoms. The van der Waals surface area contributed by atoms with E-state index in [-0.39, 0.29) is 67.6 Å². The van der Waals surface area contributed by atoms with Crippen LogP contribution in [0.4, 0.5) is 0 Å². The molecule has 34 heteroatoms. The van der Waals surface area contributed by atoms with Gasteiger partial charge in [0.2, 0.25) is 59.1 Å². The van der Waals surface area contributed by atoms with E-state index in [0.717, 1.165) is 6.92 Å². The van der Waals surface area contributed by atoms with Crippen molar-refractivity contribution >= 4 is 101 Å². The predicted octanol–water partition coefficient (Wildman–Crippen LogP) is -4.66. The number of amides is 10. The molecule has 0 radical (unpaired) electrons. The number of rotatable bonds is 38. The van der Waals surface area contributed by atoms with E-state index in [1.165, 1.54) is 48.5 Å². The molecule has 0 aliphatic rings. The van der Waals surface area contributed by atoms with Gasteiger partial charge in [-0.3, -0.25) is 58.1 Å². The number of aliphatic hydroxyl groups excluding tert-OH is 2. The van der Waals surface area contributed by atoms with Crippen molar-refractivity contribution in [2.24, 2.45) is 23.1 Å². The number of guanidine groups is 1. The second kappa shape index (κ2) is 36.7. The monoisotopic (exact) mass is 1320 g/mol. The molecule has 10 amide bonds. The lowest BCUT2D eigenvalue weighted by atomic mass is 9.99. The third-order valence-corrected chi connectivity index (χ3v) is 14.5. The van der Waals surface area contributed by atoms with Crippen molar-refractivity contribution in [3.8, 4) is 11.5 Å². The second-order valence-corrected chi connectivity index (χ2v) is 22.6. The molecule has 4 rings (SSSR count). The van der Waals surface area contributed by atoms with E-state index in [2.05, 4.69) is 65.5 Å². The molecule has 506 valence electrons. The summed E-state index contributed by atoms with van der Waals surface area (Å²) in [6.45, 7) is 3.62. The van der Waals surface area contributed by atoms with Crippen LogP contribution in [0.2, 0.25) is 0 Å². The smallest absolute Gasteiger partial charge is 0.328 e. The number of aromatic amines is 1. The molecule has 0 saturated carbocycles. The van der Waals surface area contributed by atoms with Gasteiger partial charge in [0, 0.05) is 48.7 Å². The van der Waals surface area contributed by atoms with Gasteiger partial charge < -0.3 is 106 Å². The number of thiol groups is 1. The molecule has 33 nitrogen and oxygen atoms in total. The van der Waals surface area contributed by atoms with Crippen molar-refractivity contribution in [1.82, 2.24) is 58.2 Å². The summed E-state index contributed by atoms with van der Waals surface area (Å²) >= 11 is 4.30. The first kappa shape index (κ1) is 75.4. The number of fused-ring (bicyclic) bond motifs is 1. The van der Waals surface area contributed by atoms with Crippen LogP contribution in [0.25, 0.3) is 10.9 Å². The number of nitrogens with two attached hydrogens (primary N) is 3. The summed E-state index contributed by atoms with van der Waals surface area (Å²) in [6, 6.07) is 0.827. The molecule has 0 aliphatic carbocycles. The maximum atomic E-state index is 14.9. The number of H-pyrrole nitrogens is 1. The van der Waals surface area contributed by atoms with Crippen molar-refractivity contribution < 1.29 is 88.2 Å². The first-order valence-electron chi connectivity index (χ1n) is 29.2. The standard InChI is InChI=1S/C59H81N15O18S/c1-28(2)19-38(50(83)72-44(26-75)56(89)74-48(29(3)76)58(91)92)67-53(86)41(22-32-25-65-37-9-5-4-7-35(32)37)70-51(84)39(20-30-10-14-33(77)15-11-30)69-57(90)45(27-93)73-52(85)40(21-31-12-16-34(78)17-13-31)68-55(88)43(24-47(80)81)71-54(87)42(23-46(61)79)66-49(82)36(60)8-6-18-64-59(62)63/h4-5,7,9-17,25,28-29,36,38-45,48,65,75-78,93H,6,8,18-24,26-27,60H2,1-3H3,(H2,61,79)(H,66,82)(H,67,86)(H,68,88)(H,69,90)(H,70,84)(H,71,87)(H,72,83)(H,73,85)(H,74,89)(H,80,81)(H,91,92)(H4,62,63,64)/t29-,36+,38+,39+,40+,41+,42+,43+,44+,45+,48+/m1/s1. The Balaban J connectivity index is 1.67. The van der Waals surface area contributed by atoms with Crippen LogP contribution in [0.1, 0.15) is 69.6 Å². The number of aliphatic hydroxyl groups is 2. The summed E-state index contributed by atoms with van der Waals surface area (Å²) in [5.41, 5.74) is 18.4. The minimum absolute atomic E-state index is 0.00524. The predicted molar refractivity (Wildman–Crippen MR) is 336 cm³/mol. The van der Waals surface area contributed by atoms with Crippen molar-refractivity contribution in [2.45, 2.75) is 139 Å². The molecule has 1 aromatic heterocycles. The average Bonchev–Trinajstić information content (AvgIpc) is 1.98. The lowest BCUT2D eigenvalue weighted by Gasteiger charge is -2.28. The zero-order valence-corrected chi connectivity index (χ0v) is 51.9. The van der Waals surface area contributed by atoms with Crippen LogP contribution in [0.5, 0.6) is 11.5 Å². The second-order valence-electron chi connectivity index (χ2n) is 22.2. The molecule has 0 saturated heterocycles. The lowest BCUT2D eigenvalue weighted by Crippen LogP contribution is -2.62. The summed E-state index contributed by atoms with van der Waals surface area (Å²) in [5, 5.41) is 91.5. The van der Waals surface area contributed by atoms with E-state index in [0.29, 0.717) is 22.0 Å². The number of carbonyl (C=O) groups is 12. The van der Waals surface area contributed by atoms with E-state index >= 15 is 0 Å². The summed E-state index contributed by atoms with van der Waals surface area (Å²) in [5.74, 6) is -15.8. The number of phenolic OH excluding ortho intramolecular Hbond substituents is 2. The number of carboxylic acid groups (broad SMARTS) is 2. The van der Waals surface area contributed by atoms with Gasteiger partial charge in [0.1, 0.15) is 59.8 Å². The van der Waals surface area contributed by atoms with E-state index in [9.17, 15) is 88.2 Å². The quantitative estimate of drug-likeness (QED) is 0.00868. The number of hydrogen-bond donors (Lipinski definition) is 22. The maximum absolute atomic E-state index is 14.9. The molecular formula is C59H81N15O18S. The summed E-state index contributed by atoms with van der Waals surface area (Å²) in [6.07, 6.45) is -2.88. The van der Waals surface area contributed by atoms with E-state index in [1.807, 2.05) is 5.32 Å². The van der Waals surface area contributed by atoms with E-state index in [1.54, 1.807) is 44.3 Å². The number of carboxylic acids is 2. The third-order valence-electron chi connectivity index (χ3n) is 14.2. The van der Waals surface area contributed by atoms with Crippen molar-refractivity contribution in [2.75, 3.05) is 18.9 Å². The van der Waals surface area contributed by atoms with Gasteiger partial charge >= 0.3 is 11.9 Å². The van der Waals surface area contributed by atoms with Crippen molar-refractivity contribution in [3.05, 3.63) is 95.7 Å². The van der Waals surface area contributed by atoms with Gasteiger partial charge in [-0.25, -0.2) is 4.79 Å². The first-order chi connectivity index (χ1) is 43.9. The van der Waals surface area contributed by atoms with Gasteiger partial charge in [-0.15, -0.1) is 0 Å². The number of hydrogen-bond acceptors (Lipinski definition) is 19. The minimum Gasteiger partial charge on any atom is -0.508 e. The molecule has 0 aliphatic heterocycles. The molecule has 0 spiro atoms. The molecule has 24 N–H and O–H groups in total. The van der Waals surface area contributed by atoms with Gasteiger partial charge in [0.25, 0.3) is 0 Å². The Morgan fingerprint density at radius 2 is 0.989 bits per heavy atom. The number of nitrogens with one attached hydrogen (secondary N) is 12. The number of primary amides is 1. The Hall–Kier alpha value is -10.1. The summed E-state index contributed by atoms with van der Waals surface area (Å²) < 4.78 is 0. The fourth-order valence-corrected chi connectivity index (χ4v) is 9.53. The minimum atomic E-state index is -2.03. The Kier molecular flexibility index (Phi) is 29.8. The average molecular weight is 1320 g/mol. The van der Waals surface area contributed by atoms with Crippen LogP contribution < -0.4 is 70.4 Å². The van der Waals surface area contributed by atoms with Crippen molar-refractivity contribution in [1.29, 1.82) is 5.41 Å². The van der Waals surface area contributed by atoms with Gasteiger partial charge in [0.05, 0.1) is 31.6 Å². The van der Waals surface area contributed by atoms with Crippen LogP contribution >= 0.6 is 12.6 Å². The Bertz CT molecular complexity index is 3300. The highest BCUT2D eigenvalue weighted by molar-refractivity contribution is 7.80. The number of phenols is 2. The largest absolute Gasteiger partial charge is 0.508 e. The molecule has 93 heavy (non-hydrogen) atoms. The summed E-state index contributed by atoms with van der Waals surface area (Å²) in [7, 11) is 0. The van der Waals surface area contributed by atoms with Crippen LogP contribution in [-0.2, 0) is 76.8 Å². The maximum Gasteiger partial charge on any atom is 0.328 e. The fourth-order valence-electron chi connectivity index (χ4n) is 9.27. The Morgan fingerprint density at radius 1 is 0.559 bits per heavy atom. The van der Waals surface area contributed by atoms with Gasteiger partial charge in [-0.05, 0) is 79.1 Å². The molecule has 1 heterocycles. The van der Waals surface area contributed by atoms with Crippen LogP contribution in [0.3, 0.4) is 0 Å². The molecular weight excluding hydrogens is 1240 g/mol. The number of aromatic hydroxyl groups is 2. The van der Waals surface area contributed by atoms with Crippen LogP contribution in [-0.4, -0.2) is 198 Å². The van der Waals surface area contributed by atoms with Gasteiger partial charge in [-0.1, -0.05) is 56.3 Å². The molecule has 0 unspecified atom stereocenters. The molecule has 0 fully saturated rings. The molecule has 4 aromatic rings.